The Morgan fingerprint density at radius 2 is 1.76 bits per heavy atom. The molecule has 1 saturated carbocycles. The third-order valence-corrected chi connectivity index (χ3v) is 11.3. The van der Waals surface area contributed by atoms with Crippen molar-refractivity contribution in [1.29, 1.82) is 0 Å². The number of alkyl halides is 5. The number of sulfone groups is 1. The quantitative estimate of drug-likeness (QED) is 0.112. The van der Waals surface area contributed by atoms with Crippen LogP contribution in [0.15, 0.2) is 42.5 Å². The summed E-state index contributed by atoms with van der Waals surface area (Å²) >= 11 is 6.60. The Balaban J connectivity index is 1.40. The minimum Gasteiger partial charge on any atom is -0.392 e. The summed E-state index contributed by atoms with van der Waals surface area (Å²) in [5, 5.41) is 28.2. The number of Topliss-reactive ketones (excluding diaryl/α,β-unsaturated/α-hetero) is 1. The summed E-state index contributed by atoms with van der Waals surface area (Å²) in [7, 11) is -2.08. The standard InChI is InChI=1S/C39H33ClF7N5O5S/c1-37(55,18-53)9-8-23-4-5-25(26-6-7-29(40)32-30(17-58(3,56)57)49-51(2)34(26)32)33(48-23)20(10-19-11-21(41)14-22(42)12-19)13-24(54)16-52-36-31(35(50-52)39(45,46)47)27-15-28(27)38(36,43)44/h4-7,11-12,14,20,27-28,53,55H,10,13,15-18H2,1-3H3/t20-,27+,28-,37?/m1/s1. The van der Waals surface area contributed by atoms with Crippen molar-refractivity contribution in [3.05, 3.63) is 98.7 Å². The SMILES string of the molecule is Cn1nc(CS(C)(=O)=O)c2c(Cl)ccc(-c3ccc(C#CC(C)(O)CO)nc3[C@@H](CC(=O)Cn3nc(C(F)(F)F)c4c3C(F)(F)[C@@H]3C[C@H]43)Cc3cc(F)cc(F)c3)c21. The van der Waals surface area contributed by atoms with Gasteiger partial charge in [0.2, 0.25) is 0 Å². The van der Waals surface area contributed by atoms with Crippen LogP contribution in [0.4, 0.5) is 30.7 Å². The topological polar surface area (TPSA) is 140 Å². The Morgan fingerprint density at radius 3 is 2.40 bits per heavy atom. The molecule has 2 aliphatic carbocycles. The predicted molar refractivity (Wildman–Crippen MR) is 196 cm³/mol. The maximum atomic E-state index is 15.4. The lowest BCUT2D eigenvalue weighted by molar-refractivity contribution is -0.142. The number of pyridine rings is 1. The van der Waals surface area contributed by atoms with E-state index in [2.05, 4.69) is 22.0 Å². The number of aliphatic hydroxyl groups excluding tert-OH is 1. The molecule has 1 unspecified atom stereocenters. The van der Waals surface area contributed by atoms with Crippen molar-refractivity contribution in [2.24, 2.45) is 13.0 Å². The van der Waals surface area contributed by atoms with Gasteiger partial charge >= 0.3 is 6.18 Å². The van der Waals surface area contributed by atoms with E-state index in [4.69, 9.17) is 16.6 Å². The summed E-state index contributed by atoms with van der Waals surface area (Å²) in [6.45, 7) is -0.517. The van der Waals surface area contributed by atoms with Crippen LogP contribution in [0.3, 0.4) is 0 Å². The number of hydrogen-bond acceptors (Lipinski definition) is 8. The predicted octanol–water partition coefficient (Wildman–Crippen LogP) is 6.62. The number of rotatable bonds is 11. The zero-order chi connectivity index (χ0) is 42.3. The van der Waals surface area contributed by atoms with Crippen molar-refractivity contribution in [1.82, 2.24) is 24.5 Å². The van der Waals surface area contributed by atoms with Gasteiger partial charge in [0.25, 0.3) is 5.92 Å². The van der Waals surface area contributed by atoms with Gasteiger partial charge in [0.1, 0.15) is 35.2 Å². The number of carbonyl (C=O) groups excluding carboxylic acids is 1. The second-order valence-corrected chi connectivity index (χ2v) is 17.6. The molecule has 2 aliphatic rings. The van der Waals surface area contributed by atoms with Gasteiger partial charge in [-0.3, -0.25) is 14.2 Å². The molecule has 3 heterocycles. The lowest BCUT2D eigenvalue weighted by atomic mass is 9.86. The van der Waals surface area contributed by atoms with Gasteiger partial charge < -0.3 is 10.2 Å². The molecule has 0 aliphatic heterocycles. The van der Waals surface area contributed by atoms with E-state index in [1.807, 2.05) is 0 Å². The molecule has 3 aromatic heterocycles. The van der Waals surface area contributed by atoms with Gasteiger partial charge in [-0.2, -0.15) is 32.1 Å². The van der Waals surface area contributed by atoms with Crippen molar-refractivity contribution in [3.63, 3.8) is 0 Å². The third-order valence-electron chi connectivity index (χ3n) is 10.2. The maximum Gasteiger partial charge on any atom is 0.435 e. The van der Waals surface area contributed by atoms with Crippen LogP contribution in [-0.2, 0) is 52.5 Å². The maximum absolute atomic E-state index is 15.4. The fourth-order valence-corrected chi connectivity index (χ4v) is 8.69. The zero-order valence-corrected chi connectivity index (χ0v) is 32.4. The highest BCUT2D eigenvalue weighted by Gasteiger charge is 2.68. The minimum absolute atomic E-state index is 0.0121. The molecule has 4 atom stereocenters. The van der Waals surface area contributed by atoms with Crippen molar-refractivity contribution in [2.45, 2.75) is 68.0 Å². The van der Waals surface area contributed by atoms with Crippen LogP contribution < -0.4 is 0 Å². The summed E-state index contributed by atoms with van der Waals surface area (Å²) in [5.41, 5.74) is -3.85. The van der Waals surface area contributed by atoms with E-state index < -0.39 is 105 Å². The van der Waals surface area contributed by atoms with Crippen LogP contribution in [0.1, 0.15) is 71.2 Å². The van der Waals surface area contributed by atoms with E-state index in [0.29, 0.717) is 21.8 Å². The van der Waals surface area contributed by atoms with Crippen LogP contribution in [0.2, 0.25) is 5.02 Å². The molecule has 2 aromatic carbocycles. The number of carbonyl (C=O) groups is 1. The zero-order valence-electron chi connectivity index (χ0n) is 30.8. The van der Waals surface area contributed by atoms with E-state index in [1.165, 1.54) is 36.9 Å². The van der Waals surface area contributed by atoms with Gasteiger partial charge in [0.05, 0.1) is 34.3 Å². The minimum atomic E-state index is -5.08. The van der Waals surface area contributed by atoms with Crippen LogP contribution in [-0.4, -0.2) is 67.4 Å². The largest absolute Gasteiger partial charge is 0.435 e. The molecular weight excluding hydrogens is 819 g/mol. The first-order chi connectivity index (χ1) is 27.0. The van der Waals surface area contributed by atoms with Crippen LogP contribution in [0.5, 0.6) is 0 Å². The number of ketones is 1. The average Bonchev–Trinajstić information content (AvgIpc) is 3.65. The van der Waals surface area contributed by atoms with Crippen LogP contribution in [0.25, 0.3) is 22.0 Å². The molecule has 0 saturated heterocycles. The number of benzene rings is 2. The summed E-state index contributed by atoms with van der Waals surface area (Å²) < 4.78 is 129. The number of aliphatic hydroxyl groups is 2. The Kier molecular flexibility index (Phi) is 10.3. The fraction of sp³-hybridized carbons (Fsp3) is 0.385. The molecular formula is C39H33ClF7N5O5S. The molecule has 5 aromatic rings. The highest BCUT2D eigenvalue weighted by Crippen LogP contribution is 2.68. The average molecular weight is 852 g/mol. The molecule has 2 N–H and O–H groups in total. The van der Waals surface area contributed by atoms with Crippen LogP contribution in [0, 0.1) is 29.4 Å². The molecule has 0 amide bonds. The Bertz CT molecular complexity index is 2660. The smallest absolute Gasteiger partial charge is 0.392 e. The first-order valence-corrected chi connectivity index (χ1v) is 20.1. The van der Waals surface area contributed by atoms with Crippen molar-refractivity contribution >= 4 is 38.1 Å². The molecule has 0 spiro atoms. The Labute approximate surface area is 331 Å². The Morgan fingerprint density at radius 1 is 1.09 bits per heavy atom. The molecule has 306 valence electrons. The third kappa shape index (κ3) is 7.96. The number of halogens is 8. The second-order valence-electron chi connectivity index (χ2n) is 15.0. The highest BCUT2D eigenvalue weighted by atomic mass is 35.5. The number of aryl methyl sites for hydroxylation is 1. The van der Waals surface area contributed by atoms with Crippen molar-refractivity contribution in [3.8, 4) is 23.0 Å². The monoisotopic (exact) mass is 851 g/mol. The van der Waals surface area contributed by atoms with Crippen molar-refractivity contribution < 1.29 is 54.2 Å². The fourth-order valence-electron chi connectivity index (χ4n) is 7.72. The summed E-state index contributed by atoms with van der Waals surface area (Å²) in [4.78, 5) is 18.7. The van der Waals surface area contributed by atoms with E-state index >= 15 is 8.78 Å². The molecule has 7 rings (SSSR count). The second kappa shape index (κ2) is 14.5. The van der Waals surface area contributed by atoms with Gasteiger partial charge in [-0.15, -0.1) is 0 Å². The molecule has 19 heteroatoms. The van der Waals surface area contributed by atoms with Gasteiger partial charge in [0.15, 0.2) is 21.3 Å². The van der Waals surface area contributed by atoms with E-state index in [0.717, 1.165) is 18.4 Å². The van der Waals surface area contributed by atoms with Gasteiger partial charge in [0, 0.05) is 59.7 Å². The highest BCUT2D eigenvalue weighted by molar-refractivity contribution is 7.89. The van der Waals surface area contributed by atoms with Gasteiger partial charge in [-0.05, 0) is 67.5 Å². The number of aromatic nitrogens is 5. The van der Waals surface area contributed by atoms with Gasteiger partial charge in [-0.1, -0.05) is 23.6 Å². The van der Waals surface area contributed by atoms with Gasteiger partial charge in [-0.25, -0.2) is 22.2 Å². The lowest BCUT2D eigenvalue weighted by Crippen LogP contribution is -2.26. The van der Waals surface area contributed by atoms with E-state index in [9.17, 15) is 45.4 Å². The van der Waals surface area contributed by atoms with E-state index in [-0.39, 0.29) is 51.5 Å². The molecule has 0 bridgehead atoms. The summed E-state index contributed by atoms with van der Waals surface area (Å²) in [6, 6.07) is 8.64. The first kappa shape index (κ1) is 41.3. The molecule has 0 radical (unpaired) electrons. The summed E-state index contributed by atoms with van der Waals surface area (Å²) in [6.07, 6.45) is -5.16. The Hall–Kier alpha value is -4.83. The molecule has 58 heavy (non-hydrogen) atoms. The normalized spacial score (nSPS) is 18.6. The molecule has 10 nitrogen and oxygen atoms in total. The first-order valence-electron chi connectivity index (χ1n) is 17.7. The van der Waals surface area contributed by atoms with Crippen molar-refractivity contribution in [2.75, 3.05) is 12.9 Å². The number of hydrogen-bond donors (Lipinski definition) is 2. The number of fused-ring (bicyclic) bond motifs is 4. The van der Waals surface area contributed by atoms with E-state index in [1.54, 1.807) is 6.07 Å². The lowest BCUT2D eigenvalue weighted by Gasteiger charge is -2.22. The number of nitrogens with zero attached hydrogens (tertiary/aromatic N) is 5. The summed E-state index contributed by atoms with van der Waals surface area (Å²) in [5.74, 6) is -5.40. The molecule has 1 fully saturated rings. The van der Waals surface area contributed by atoms with Crippen LogP contribution >= 0.6 is 11.6 Å².